The Kier molecular flexibility index (Phi) is 3.59. The molecule has 19 heavy (non-hydrogen) atoms. The molecule has 0 radical (unpaired) electrons. The number of H-pyrrole nitrogens is 1. The second kappa shape index (κ2) is 5.03. The molecule has 0 saturated heterocycles. The Morgan fingerprint density at radius 2 is 2.26 bits per heavy atom. The molecule has 104 valence electrons. The summed E-state index contributed by atoms with van der Waals surface area (Å²) in [5, 5.41) is 9.27. The molecule has 1 aliphatic carbocycles. The van der Waals surface area contributed by atoms with Crippen molar-refractivity contribution in [3.8, 4) is 0 Å². The summed E-state index contributed by atoms with van der Waals surface area (Å²) in [5.74, 6) is 0. The van der Waals surface area contributed by atoms with Gasteiger partial charge in [-0.05, 0) is 45.6 Å². The second-order valence-electron chi connectivity index (χ2n) is 5.79. The van der Waals surface area contributed by atoms with Crippen molar-refractivity contribution in [2.75, 3.05) is 0 Å². The standard InChI is InChI=1S/C13H19N3O3/c1-13(2,3)19-12(18)14-9-4-5-10-8(6-9)7-11(17)16-15-10/h7,9H,4-6H2,1-3H3,(H,14,18)(H,16,17). The molecule has 1 unspecified atom stereocenters. The first-order valence-electron chi connectivity index (χ1n) is 6.40. The minimum absolute atomic E-state index is 0.00838. The topological polar surface area (TPSA) is 84.1 Å². The van der Waals surface area contributed by atoms with Gasteiger partial charge in [-0.2, -0.15) is 5.10 Å². The molecule has 0 spiro atoms. The van der Waals surface area contributed by atoms with Crippen LogP contribution in [0.25, 0.3) is 0 Å². The number of nitrogens with one attached hydrogen (secondary N) is 2. The first kappa shape index (κ1) is 13.6. The Labute approximate surface area is 111 Å². The van der Waals surface area contributed by atoms with Gasteiger partial charge in [0.2, 0.25) is 0 Å². The lowest BCUT2D eigenvalue weighted by atomic mass is 9.92. The van der Waals surface area contributed by atoms with Crippen molar-refractivity contribution in [2.45, 2.75) is 51.7 Å². The number of aryl methyl sites for hydroxylation is 1. The van der Waals surface area contributed by atoms with Crippen molar-refractivity contribution < 1.29 is 9.53 Å². The van der Waals surface area contributed by atoms with Crippen LogP contribution in [0.3, 0.4) is 0 Å². The zero-order valence-electron chi connectivity index (χ0n) is 11.4. The van der Waals surface area contributed by atoms with E-state index in [1.807, 2.05) is 20.8 Å². The van der Waals surface area contributed by atoms with Crippen molar-refractivity contribution in [1.82, 2.24) is 15.5 Å². The predicted molar refractivity (Wildman–Crippen MR) is 70.0 cm³/mol. The van der Waals surface area contributed by atoms with E-state index in [4.69, 9.17) is 4.74 Å². The highest BCUT2D eigenvalue weighted by Crippen LogP contribution is 2.18. The monoisotopic (exact) mass is 265 g/mol. The lowest BCUT2D eigenvalue weighted by Crippen LogP contribution is -2.42. The quantitative estimate of drug-likeness (QED) is 0.797. The van der Waals surface area contributed by atoms with E-state index < -0.39 is 11.7 Å². The van der Waals surface area contributed by atoms with Crippen LogP contribution in [0.4, 0.5) is 4.79 Å². The van der Waals surface area contributed by atoms with Crippen LogP contribution >= 0.6 is 0 Å². The molecule has 1 aromatic heterocycles. The fourth-order valence-electron chi connectivity index (χ4n) is 2.14. The third kappa shape index (κ3) is 3.81. The molecule has 2 rings (SSSR count). The lowest BCUT2D eigenvalue weighted by molar-refractivity contribution is 0.0500. The molecule has 0 aromatic carbocycles. The van der Waals surface area contributed by atoms with Crippen LogP contribution in [0, 0.1) is 0 Å². The summed E-state index contributed by atoms with van der Waals surface area (Å²) in [4.78, 5) is 22.9. The van der Waals surface area contributed by atoms with Crippen molar-refractivity contribution in [3.05, 3.63) is 27.7 Å². The summed E-state index contributed by atoms with van der Waals surface area (Å²) in [6.07, 6.45) is 1.74. The summed E-state index contributed by atoms with van der Waals surface area (Å²) >= 11 is 0. The lowest BCUT2D eigenvalue weighted by Gasteiger charge is -2.26. The van der Waals surface area contributed by atoms with Gasteiger partial charge in [-0.15, -0.1) is 0 Å². The molecule has 0 fully saturated rings. The molecule has 1 heterocycles. The third-order valence-corrected chi connectivity index (χ3v) is 2.89. The maximum absolute atomic E-state index is 11.7. The van der Waals surface area contributed by atoms with Gasteiger partial charge in [-0.1, -0.05) is 0 Å². The predicted octanol–water partition coefficient (Wildman–Crippen LogP) is 1.15. The number of alkyl carbamates (subject to hydrolysis) is 1. The Hall–Kier alpha value is -1.85. The van der Waals surface area contributed by atoms with Crippen molar-refractivity contribution in [2.24, 2.45) is 0 Å². The normalized spacial score (nSPS) is 18.6. The Morgan fingerprint density at radius 3 is 2.95 bits per heavy atom. The van der Waals surface area contributed by atoms with Gasteiger partial charge in [0.15, 0.2) is 0 Å². The number of carbonyl (C=O) groups is 1. The van der Waals surface area contributed by atoms with Crippen molar-refractivity contribution in [3.63, 3.8) is 0 Å². The van der Waals surface area contributed by atoms with Crippen LogP contribution in [-0.2, 0) is 17.6 Å². The summed E-state index contributed by atoms with van der Waals surface area (Å²) < 4.78 is 5.22. The number of amides is 1. The number of hydrogen-bond donors (Lipinski definition) is 2. The van der Waals surface area contributed by atoms with Crippen molar-refractivity contribution in [1.29, 1.82) is 0 Å². The summed E-state index contributed by atoms with van der Waals surface area (Å²) in [7, 11) is 0. The van der Waals surface area contributed by atoms with Crippen LogP contribution in [0.2, 0.25) is 0 Å². The minimum atomic E-state index is -0.505. The fourth-order valence-corrected chi connectivity index (χ4v) is 2.14. The molecule has 1 atom stereocenters. The fraction of sp³-hybridized carbons (Fsp3) is 0.615. The zero-order valence-corrected chi connectivity index (χ0v) is 11.4. The molecule has 1 amide bonds. The second-order valence-corrected chi connectivity index (χ2v) is 5.79. The summed E-state index contributed by atoms with van der Waals surface area (Å²) in [5.41, 5.74) is 1.09. The van der Waals surface area contributed by atoms with Crippen LogP contribution in [0.15, 0.2) is 10.9 Å². The van der Waals surface area contributed by atoms with E-state index in [0.29, 0.717) is 6.42 Å². The molecule has 1 aliphatic rings. The average molecular weight is 265 g/mol. The maximum Gasteiger partial charge on any atom is 0.407 e. The molecule has 6 heteroatoms. The van der Waals surface area contributed by atoms with Gasteiger partial charge in [0.05, 0.1) is 5.69 Å². The maximum atomic E-state index is 11.7. The first-order valence-corrected chi connectivity index (χ1v) is 6.40. The van der Waals surface area contributed by atoms with Gasteiger partial charge in [0, 0.05) is 12.1 Å². The number of nitrogens with zero attached hydrogens (tertiary/aromatic N) is 1. The van der Waals surface area contributed by atoms with E-state index in [1.165, 1.54) is 0 Å². The number of hydrogen-bond acceptors (Lipinski definition) is 4. The van der Waals surface area contributed by atoms with Gasteiger partial charge in [0.1, 0.15) is 5.60 Å². The SMILES string of the molecule is CC(C)(C)OC(=O)NC1CCc2n[nH]c(=O)cc2C1. The van der Waals surface area contributed by atoms with Crippen LogP contribution in [0.5, 0.6) is 0 Å². The van der Waals surface area contributed by atoms with Crippen LogP contribution in [0.1, 0.15) is 38.4 Å². The van der Waals surface area contributed by atoms with Crippen molar-refractivity contribution >= 4 is 6.09 Å². The largest absolute Gasteiger partial charge is 0.444 e. The van der Waals surface area contributed by atoms with E-state index in [0.717, 1.165) is 24.1 Å². The zero-order chi connectivity index (χ0) is 14.0. The molecule has 0 bridgehead atoms. The number of aromatic nitrogens is 2. The minimum Gasteiger partial charge on any atom is -0.444 e. The summed E-state index contributed by atoms with van der Waals surface area (Å²) in [6, 6.07) is 1.54. The average Bonchev–Trinajstić information content (AvgIpc) is 2.25. The van der Waals surface area contributed by atoms with E-state index in [-0.39, 0.29) is 11.6 Å². The van der Waals surface area contributed by atoms with E-state index >= 15 is 0 Å². The third-order valence-electron chi connectivity index (χ3n) is 2.89. The number of fused-ring (bicyclic) bond motifs is 1. The Morgan fingerprint density at radius 1 is 1.53 bits per heavy atom. The van der Waals surface area contributed by atoms with Gasteiger partial charge in [-0.25, -0.2) is 9.89 Å². The van der Waals surface area contributed by atoms with E-state index in [1.54, 1.807) is 6.07 Å². The molecule has 1 aromatic rings. The first-order chi connectivity index (χ1) is 8.83. The molecule has 6 nitrogen and oxygen atoms in total. The highest BCUT2D eigenvalue weighted by molar-refractivity contribution is 5.68. The summed E-state index contributed by atoms with van der Waals surface area (Å²) in [6.45, 7) is 5.48. The number of ether oxygens (including phenoxy) is 1. The Balaban J connectivity index is 1.98. The van der Waals surface area contributed by atoms with E-state index in [9.17, 15) is 9.59 Å². The molecule has 0 saturated carbocycles. The molecule has 2 N–H and O–H groups in total. The Bertz CT molecular complexity index is 531. The smallest absolute Gasteiger partial charge is 0.407 e. The highest BCUT2D eigenvalue weighted by atomic mass is 16.6. The molecular formula is C13H19N3O3. The van der Waals surface area contributed by atoms with Gasteiger partial charge in [0.25, 0.3) is 5.56 Å². The highest BCUT2D eigenvalue weighted by Gasteiger charge is 2.24. The number of rotatable bonds is 1. The molecule has 0 aliphatic heterocycles. The van der Waals surface area contributed by atoms with Crippen LogP contribution in [-0.4, -0.2) is 27.9 Å². The van der Waals surface area contributed by atoms with Gasteiger partial charge in [-0.3, -0.25) is 4.79 Å². The van der Waals surface area contributed by atoms with Gasteiger partial charge < -0.3 is 10.1 Å². The molecular weight excluding hydrogens is 246 g/mol. The number of aromatic amines is 1. The number of carbonyl (C=O) groups excluding carboxylic acids is 1. The van der Waals surface area contributed by atoms with Gasteiger partial charge >= 0.3 is 6.09 Å². The van der Waals surface area contributed by atoms with Crippen LogP contribution < -0.4 is 10.9 Å². The van der Waals surface area contributed by atoms with E-state index in [2.05, 4.69) is 15.5 Å².